The Bertz CT molecular complexity index is 458. The molecule has 1 aromatic carbocycles. The Kier molecular flexibility index (Phi) is 4.25. The van der Waals surface area contributed by atoms with E-state index in [0.29, 0.717) is 11.5 Å². The Hall–Kier alpha value is -1.35. The molecule has 19 heavy (non-hydrogen) atoms. The van der Waals surface area contributed by atoms with E-state index >= 15 is 0 Å². The van der Waals surface area contributed by atoms with Crippen LogP contribution in [0, 0.1) is 5.92 Å². The van der Waals surface area contributed by atoms with Gasteiger partial charge >= 0.3 is 5.97 Å². The summed E-state index contributed by atoms with van der Waals surface area (Å²) in [5, 5.41) is 12.6. The van der Waals surface area contributed by atoms with Gasteiger partial charge in [0.2, 0.25) is 0 Å². The molecule has 0 saturated heterocycles. The SMILES string of the molecule is CC1CCCCC1(C)NCc1cccc(C(=O)O)c1. The van der Waals surface area contributed by atoms with Crippen molar-refractivity contribution in [3.63, 3.8) is 0 Å². The van der Waals surface area contributed by atoms with Gasteiger partial charge in [-0.1, -0.05) is 31.9 Å². The van der Waals surface area contributed by atoms with Crippen molar-refractivity contribution in [3.8, 4) is 0 Å². The predicted octanol–water partition coefficient (Wildman–Crippen LogP) is 3.44. The first-order valence-corrected chi connectivity index (χ1v) is 7.08. The molecule has 104 valence electrons. The minimum Gasteiger partial charge on any atom is -0.478 e. The molecule has 1 saturated carbocycles. The molecule has 0 spiro atoms. The van der Waals surface area contributed by atoms with Crippen molar-refractivity contribution in [1.29, 1.82) is 0 Å². The van der Waals surface area contributed by atoms with Gasteiger partial charge in [-0.3, -0.25) is 0 Å². The van der Waals surface area contributed by atoms with Crippen LogP contribution in [0.4, 0.5) is 0 Å². The van der Waals surface area contributed by atoms with Crippen LogP contribution in [0.25, 0.3) is 0 Å². The predicted molar refractivity (Wildman–Crippen MR) is 76.3 cm³/mol. The highest BCUT2D eigenvalue weighted by molar-refractivity contribution is 5.87. The number of carboxylic acid groups (broad SMARTS) is 1. The van der Waals surface area contributed by atoms with Gasteiger partial charge in [0.25, 0.3) is 0 Å². The van der Waals surface area contributed by atoms with Gasteiger partial charge in [-0.15, -0.1) is 0 Å². The Morgan fingerprint density at radius 2 is 2.26 bits per heavy atom. The molecular weight excluding hydrogens is 238 g/mol. The smallest absolute Gasteiger partial charge is 0.335 e. The van der Waals surface area contributed by atoms with Gasteiger partial charge < -0.3 is 10.4 Å². The van der Waals surface area contributed by atoms with Crippen molar-refractivity contribution in [2.75, 3.05) is 0 Å². The normalized spacial score (nSPS) is 27.2. The number of hydrogen-bond donors (Lipinski definition) is 2. The highest BCUT2D eigenvalue weighted by Gasteiger charge is 2.32. The van der Waals surface area contributed by atoms with E-state index in [1.54, 1.807) is 12.1 Å². The zero-order valence-corrected chi connectivity index (χ0v) is 11.8. The maximum atomic E-state index is 11.0. The average Bonchev–Trinajstić information content (AvgIpc) is 2.41. The summed E-state index contributed by atoms with van der Waals surface area (Å²) in [5.74, 6) is -0.192. The second-order valence-electron chi connectivity index (χ2n) is 5.92. The lowest BCUT2D eigenvalue weighted by Gasteiger charge is -2.40. The van der Waals surface area contributed by atoms with Crippen molar-refractivity contribution in [3.05, 3.63) is 35.4 Å². The molecule has 0 aromatic heterocycles. The molecule has 0 heterocycles. The second-order valence-corrected chi connectivity index (χ2v) is 5.92. The lowest BCUT2D eigenvalue weighted by Crippen LogP contribution is -2.49. The molecule has 2 unspecified atom stereocenters. The number of carboxylic acids is 1. The molecule has 3 heteroatoms. The van der Waals surface area contributed by atoms with Gasteiger partial charge in [0.05, 0.1) is 5.56 Å². The van der Waals surface area contributed by atoms with E-state index in [1.807, 2.05) is 12.1 Å². The van der Waals surface area contributed by atoms with Gasteiger partial charge in [0.15, 0.2) is 0 Å². The van der Waals surface area contributed by atoms with E-state index in [0.717, 1.165) is 12.1 Å². The zero-order valence-electron chi connectivity index (χ0n) is 11.8. The first-order valence-electron chi connectivity index (χ1n) is 7.08. The molecule has 0 bridgehead atoms. The van der Waals surface area contributed by atoms with Gasteiger partial charge in [0, 0.05) is 12.1 Å². The summed E-state index contributed by atoms with van der Waals surface area (Å²) >= 11 is 0. The van der Waals surface area contributed by atoms with Crippen LogP contribution in [0.1, 0.15) is 55.5 Å². The third kappa shape index (κ3) is 3.35. The lowest BCUT2D eigenvalue weighted by molar-refractivity contribution is 0.0696. The molecule has 2 atom stereocenters. The van der Waals surface area contributed by atoms with E-state index in [-0.39, 0.29) is 5.54 Å². The molecule has 3 nitrogen and oxygen atoms in total. The van der Waals surface area contributed by atoms with Crippen LogP contribution in [-0.2, 0) is 6.54 Å². The first kappa shape index (κ1) is 14.1. The fraction of sp³-hybridized carbons (Fsp3) is 0.562. The molecule has 0 radical (unpaired) electrons. The standard InChI is InChI=1S/C16H23NO2/c1-12-6-3-4-9-16(12,2)17-11-13-7-5-8-14(10-13)15(18)19/h5,7-8,10,12,17H,3-4,6,9,11H2,1-2H3,(H,18,19). The Morgan fingerprint density at radius 1 is 1.47 bits per heavy atom. The van der Waals surface area contributed by atoms with E-state index in [4.69, 9.17) is 5.11 Å². The monoisotopic (exact) mass is 261 g/mol. The summed E-state index contributed by atoms with van der Waals surface area (Å²) < 4.78 is 0. The summed E-state index contributed by atoms with van der Waals surface area (Å²) in [6.07, 6.45) is 5.08. The number of nitrogens with one attached hydrogen (secondary N) is 1. The van der Waals surface area contributed by atoms with Crippen molar-refractivity contribution < 1.29 is 9.90 Å². The number of benzene rings is 1. The maximum Gasteiger partial charge on any atom is 0.335 e. The molecule has 0 amide bonds. The quantitative estimate of drug-likeness (QED) is 0.873. The average molecular weight is 261 g/mol. The Morgan fingerprint density at radius 3 is 2.95 bits per heavy atom. The lowest BCUT2D eigenvalue weighted by atomic mass is 9.75. The van der Waals surface area contributed by atoms with Gasteiger partial charge in [-0.2, -0.15) is 0 Å². The van der Waals surface area contributed by atoms with E-state index in [2.05, 4.69) is 19.2 Å². The minimum atomic E-state index is -0.862. The molecule has 1 fully saturated rings. The zero-order chi connectivity index (χ0) is 13.9. The molecule has 0 aliphatic heterocycles. The van der Waals surface area contributed by atoms with Crippen molar-refractivity contribution in [1.82, 2.24) is 5.32 Å². The molecular formula is C16H23NO2. The fourth-order valence-electron chi connectivity index (χ4n) is 2.89. The van der Waals surface area contributed by atoms with Crippen LogP contribution in [0.2, 0.25) is 0 Å². The summed E-state index contributed by atoms with van der Waals surface area (Å²) in [6.45, 7) is 5.33. The van der Waals surface area contributed by atoms with Crippen molar-refractivity contribution in [2.45, 2.75) is 51.6 Å². The van der Waals surface area contributed by atoms with E-state index < -0.39 is 5.97 Å². The van der Waals surface area contributed by atoms with Crippen LogP contribution in [0.15, 0.2) is 24.3 Å². The molecule has 1 aliphatic carbocycles. The van der Waals surface area contributed by atoms with Gasteiger partial charge in [-0.05, 0) is 43.4 Å². The highest BCUT2D eigenvalue weighted by atomic mass is 16.4. The molecule has 2 rings (SSSR count). The summed E-state index contributed by atoms with van der Waals surface area (Å²) in [4.78, 5) is 11.0. The van der Waals surface area contributed by atoms with Crippen LogP contribution in [0.5, 0.6) is 0 Å². The number of rotatable bonds is 4. The second kappa shape index (κ2) is 5.74. The van der Waals surface area contributed by atoms with E-state index in [1.165, 1.54) is 25.7 Å². The van der Waals surface area contributed by atoms with Crippen LogP contribution >= 0.6 is 0 Å². The largest absolute Gasteiger partial charge is 0.478 e. The summed E-state index contributed by atoms with van der Waals surface area (Å²) in [6, 6.07) is 7.19. The van der Waals surface area contributed by atoms with Gasteiger partial charge in [-0.25, -0.2) is 4.79 Å². The topological polar surface area (TPSA) is 49.3 Å². The fourth-order valence-corrected chi connectivity index (χ4v) is 2.89. The van der Waals surface area contributed by atoms with Crippen LogP contribution < -0.4 is 5.32 Å². The molecule has 2 N–H and O–H groups in total. The minimum absolute atomic E-state index is 0.178. The van der Waals surface area contributed by atoms with E-state index in [9.17, 15) is 4.79 Å². The Labute approximate surface area is 115 Å². The number of hydrogen-bond acceptors (Lipinski definition) is 2. The van der Waals surface area contributed by atoms with Crippen molar-refractivity contribution >= 4 is 5.97 Å². The maximum absolute atomic E-state index is 11.0. The summed E-state index contributed by atoms with van der Waals surface area (Å²) in [5.41, 5.74) is 1.58. The molecule has 1 aromatic rings. The number of aromatic carboxylic acids is 1. The highest BCUT2D eigenvalue weighted by Crippen LogP contribution is 2.33. The van der Waals surface area contributed by atoms with Crippen molar-refractivity contribution in [2.24, 2.45) is 5.92 Å². The first-order chi connectivity index (χ1) is 9.01. The number of carbonyl (C=O) groups is 1. The third-order valence-corrected chi connectivity index (χ3v) is 4.54. The third-order valence-electron chi connectivity index (χ3n) is 4.54. The van der Waals surface area contributed by atoms with Crippen LogP contribution in [-0.4, -0.2) is 16.6 Å². The Balaban J connectivity index is 2.01. The van der Waals surface area contributed by atoms with Gasteiger partial charge in [0.1, 0.15) is 0 Å². The van der Waals surface area contributed by atoms with Crippen LogP contribution in [0.3, 0.4) is 0 Å². The molecule has 1 aliphatic rings. The summed E-state index contributed by atoms with van der Waals surface area (Å²) in [7, 11) is 0.